The number of ether oxygens (including phenoxy) is 4. The maximum absolute atomic E-state index is 12.7. The van der Waals surface area contributed by atoms with Crippen molar-refractivity contribution in [3.63, 3.8) is 0 Å². The molecule has 202 valence electrons. The van der Waals surface area contributed by atoms with Crippen LogP contribution in [0.1, 0.15) is 37.9 Å². The van der Waals surface area contributed by atoms with Crippen LogP contribution in [0.25, 0.3) is 0 Å². The summed E-state index contributed by atoms with van der Waals surface area (Å²) in [4.78, 5) is 25.1. The van der Waals surface area contributed by atoms with E-state index in [1.54, 1.807) is 57.4 Å². The molecule has 1 amide bonds. The number of methoxy groups -OCH3 is 1. The number of para-hydroxylation sites is 1. The molecule has 3 rings (SSSR count). The second kappa shape index (κ2) is 13.8. The fourth-order valence-electron chi connectivity index (χ4n) is 3.73. The lowest BCUT2D eigenvalue weighted by molar-refractivity contribution is -0.139. The third kappa shape index (κ3) is 7.23. The van der Waals surface area contributed by atoms with Crippen LogP contribution in [0.4, 0.5) is 0 Å². The molecule has 0 radical (unpaired) electrons. The Kier molecular flexibility index (Phi) is 10.5. The van der Waals surface area contributed by atoms with E-state index in [-0.39, 0.29) is 13.2 Å². The smallest absolute Gasteiger partial charge is 0.338 e. The van der Waals surface area contributed by atoms with Crippen molar-refractivity contribution >= 4 is 51.4 Å². The predicted octanol–water partition coefficient (Wildman–Crippen LogP) is 3.74. The van der Waals surface area contributed by atoms with Crippen LogP contribution in [0.15, 0.2) is 57.2 Å². The fraction of sp³-hybridized carbons (Fsp3) is 0.308. The third-order valence-corrected chi connectivity index (χ3v) is 6.10. The Bertz CT molecular complexity index is 1270. The molecule has 0 aliphatic carbocycles. The Morgan fingerprint density at radius 1 is 1.16 bits per heavy atom. The van der Waals surface area contributed by atoms with E-state index in [4.69, 9.17) is 31.2 Å². The Morgan fingerprint density at radius 3 is 2.63 bits per heavy atom. The lowest BCUT2D eigenvalue weighted by Crippen LogP contribution is -2.45. The number of hydrazone groups is 1. The van der Waals surface area contributed by atoms with Crippen LogP contribution in [0, 0.1) is 0 Å². The second-order valence-electron chi connectivity index (χ2n) is 7.88. The minimum atomic E-state index is -0.617. The number of carbonyl (C=O) groups is 2. The molecule has 1 aliphatic heterocycles. The first-order chi connectivity index (χ1) is 18.3. The monoisotopic (exact) mass is 604 g/mol. The summed E-state index contributed by atoms with van der Waals surface area (Å²) in [6, 6.07) is 10.0. The molecule has 0 fully saturated rings. The van der Waals surface area contributed by atoms with Gasteiger partial charge in [0.1, 0.15) is 5.75 Å². The van der Waals surface area contributed by atoms with Crippen LogP contribution in [-0.2, 0) is 14.3 Å². The van der Waals surface area contributed by atoms with Crippen LogP contribution in [0.5, 0.6) is 17.2 Å². The van der Waals surface area contributed by atoms with E-state index in [1.807, 2.05) is 6.92 Å². The average molecular weight is 606 g/mol. The van der Waals surface area contributed by atoms with Gasteiger partial charge in [0.25, 0.3) is 5.91 Å². The van der Waals surface area contributed by atoms with Crippen molar-refractivity contribution in [2.75, 3.05) is 26.9 Å². The Hall–Kier alpha value is -3.64. The number of nitrogens with one attached hydrogen (secondary N) is 3. The van der Waals surface area contributed by atoms with Crippen molar-refractivity contribution < 1.29 is 28.5 Å². The molecule has 0 bridgehead atoms. The summed E-state index contributed by atoms with van der Waals surface area (Å²) in [7, 11) is 1.55. The summed E-state index contributed by atoms with van der Waals surface area (Å²) in [5, 5.41) is 10.4. The molecular formula is C26H29BrN4O6S. The van der Waals surface area contributed by atoms with Crippen molar-refractivity contribution in [3.05, 3.63) is 63.3 Å². The summed E-state index contributed by atoms with van der Waals surface area (Å²) in [6.07, 6.45) is 1.48. The quantitative estimate of drug-likeness (QED) is 0.152. The number of halogens is 1. The second-order valence-corrected chi connectivity index (χ2v) is 9.14. The van der Waals surface area contributed by atoms with Gasteiger partial charge in [-0.25, -0.2) is 10.2 Å². The van der Waals surface area contributed by atoms with Crippen molar-refractivity contribution in [1.29, 1.82) is 0 Å². The van der Waals surface area contributed by atoms with E-state index < -0.39 is 17.9 Å². The van der Waals surface area contributed by atoms with E-state index in [1.165, 1.54) is 6.21 Å². The highest BCUT2D eigenvalue weighted by molar-refractivity contribution is 9.10. The molecule has 0 saturated heterocycles. The number of thiocarbonyl (C=S) groups is 1. The van der Waals surface area contributed by atoms with Crippen molar-refractivity contribution in [1.82, 2.24) is 16.1 Å². The molecule has 12 heteroatoms. The van der Waals surface area contributed by atoms with E-state index >= 15 is 0 Å². The zero-order valence-corrected chi connectivity index (χ0v) is 23.8. The molecule has 0 spiro atoms. The third-order valence-electron chi connectivity index (χ3n) is 5.29. The zero-order valence-electron chi connectivity index (χ0n) is 21.4. The molecule has 2 aromatic rings. The lowest BCUT2D eigenvalue weighted by Gasteiger charge is -2.30. The molecule has 10 nitrogen and oxygen atoms in total. The van der Waals surface area contributed by atoms with Crippen LogP contribution < -0.4 is 30.3 Å². The molecule has 2 aromatic carbocycles. The topological polar surface area (TPSA) is 120 Å². The number of rotatable bonds is 11. The zero-order chi connectivity index (χ0) is 27.7. The van der Waals surface area contributed by atoms with Gasteiger partial charge >= 0.3 is 5.97 Å². The highest BCUT2D eigenvalue weighted by Crippen LogP contribution is 2.36. The molecule has 0 aromatic heterocycles. The standard InChI is InChI=1S/C26H29BrN4O6S/c1-5-35-20-12-16(11-18(27)24(20)34-4)13-28-31-21(32)14-37-19-10-8-7-9-17(19)23-22(25(33)36-6-2)15(3)29-26(38)30-23/h7-13,23H,5-6,14H2,1-4H3,(H,31,32)(H2,29,30,38)/t23-/m1/s1. The number of benzene rings is 2. The summed E-state index contributed by atoms with van der Waals surface area (Å²) in [5.74, 6) is 0.579. The molecule has 3 N–H and O–H groups in total. The summed E-state index contributed by atoms with van der Waals surface area (Å²) < 4.78 is 22.7. The van der Waals surface area contributed by atoms with Crippen LogP contribution >= 0.6 is 28.1 Å². The van der Waals surface area contributed by atoms with Gasteiger partial charge in [-0.15, -0.1) is 0 Å². The number of hydrogen-bond acceptors (Lipinski definition) is 8. The average Bonchev–Trinajstić information content (AvgIpc) is 2.87. The number of esters is 1. The van der Waals surface area contributed by atoms with Gasteiger partial charge in [-0.05, 0) is 72.7 Å². The highest BCUT2D eigenvalue weighted by atomic mass is 79.9. The molecule has 0 unspecified atom stereocenters. The number of hydrogen-bond donors (Lipinski definition) is 3. The van der Waals surface area contributed by atoms with Crippen LogP contribution in [-0.4, -0.2) is 50.1 Å². The normalized spacial score (nSPS) is 15.0. The molecule has 0 saturated carbocycles. The number of allylic oxidation sites excluding steroid dienone is 1. The minimum Gasteiger partial charge on any atom is -0.492 e. The first-order valence-electron chi connectivity index (χ1n) is 11.8. The molecule has 38 heavy (non-hydrogen) atoms. The maximum Gasteiger partial charge on any atom is 0.338 e. The van der Waals surface area contributed by atoms with Crippen molar-refractivity contribution in [3.8, 4) is 17.2 Å². The van der Waals surface area contributed by atoms with E-state index in [0.717, 1.165) is 0 Å². The fourth-order valence-corrected chi connectivity index (χ4v) is 4.63. The Morgan fingerprint density at radius 2 is 1.92 bits per heavy atom. The van der Waals surface area contributed by atoms with Gasteiger partial charge in [-0.2, -0.15) is 5.10 Å². The van der Waals surface area contributed by atoms with Gasteiger partial charge in [-0.1, -0.05) is 18.2 Å². The van der Waals surface area contributed by atoms with Gasteiger partial charge in [0, 0.05) is 11.3 Å². The van der Waals surface area contributed by atoms with Crippen LogP contribution in [0.3, 0.4) is 0 Å². The minimum absolute atomic E-state index is 0.228. The lowest BCUT2D eigenvalue weighted by atomic mass is 9.95. The molecular weight excluding hydrogens is 576 g/mol. The maximum atomic E-state index is 12.7. The van der Waals surface area contributed by atoms with Crippen molar-refractivity contribution in [2.45, 2.75) is 26.8 Å². The summed E-state index contributed by atoms with van der Waals surface area (Å²) in [6.45, 7) is 5.75. The van der Waals surface area contributed by atoms with Gasteiger partial charge in [0.05, 0.1) is 42.6 Å². The first-order valence-corrected chi connectivity index (χ1v) is 13.0. The van der Waals surface area contributed by atoms with E-state index in [9.17, 15) is 9.59 Å². The molecule has 1 atom stereocenters. The Labute approximate surface area is 234 Å². The van der Waals surface area contributed by atoms with E-state index in [2.05, 4.69) is 37.1 Å². The van der Waals surface area contributed by atoms with Gasteiger partial charge in [0.2, 0.25) is 0 Å². The largest absolute Gasteiger partial charge is 0.492 e. The molecule has 1 aliphatic rings. The summed E-state index contributed by atoms with van der Waals surface area (Å²) >= 11 is 8.74. The highest BCUT2D eigenvalue weighted by Gasteiger charge is 2.32. The first kappa shape index (κ1) is 28.9. The van der Waals surface area contributed by atoms with Crippen LogP contribution in [0.2, 0.25) is 0 Å². The Balaban J connectivity index is 1.71. The van der Waals surface area contributed by atoms with Gasteiger partial charge in [0.15, 0.2) is 23.2 Å². The number of carbonyl (C=O) groups excluding carboxylic acids is 2. The summed E-state index contributed by atoms with van der Waals surface area (Å²) in [5.41, 5.74) is 4.72. The SMILES string of the molecule is CCOC(=O)C1=C(C)NC(=S)N[C@@H]1c1ccccc1OCC(=O)NN=Cc1cc(Br)c(OC)c(OCC)c1. The van der Waals surface area contributed by atoms with Gasteiger partial charge in [-0.3, -0.25) is 4.79 Å². The van der Waals surface area contributed by atoms with Crippen molar-refractivity contribution in [2.24, 2.45) is 5.10 Å². The van der Waals surface area contributed by atoms with E-state index in [0.29, 0.717) is 55.8 Å². The number of nitrogens with zero attached hydrogens (tertiary/aromatic N) is 1. The molecule has 1 heterocycles. The predicted molar refractivity (Wildman–Crippen MR) is 150 cm³/mol. The number of amides is 1. The van der Waals surface area contributed by atoms with Gasteiger partial charge < -0.3 is 29.6 Å².